The van der Waals surface area contributed by atoms with Crippen molar-refractivity contribution in [3.63, 3.8) is 0 Å². The average molecular weight is 395 g/mol. The zero-order valence-corrected chi connectivity index (χ0v) is 17.3. The SMILES string of the molecule is CCCN1CCN(CC(=O)O)C[C@@H](Cc2ccccc2-c2ccc(C)cc2)C1=O. The maximum atomic E-state index is 13.2. The Balaban J connectivity index is 1.88. The van der Waals surface area contributed by atoms with E-state index in [2.05, 4.69) is 50.2 Å². The lowest BCUT2D eigenvalue weighted by atomic mass is 9.91. The van der Waals surface area contributed by atoms with E-state index in [0.717, 1.165) is 29.7 Å². The standard InChI is InChI=1S/C24H30N2O3/c1-3-12-26-14-13-25(17-23(27)28)16-21(24(26)29)15-20-6-4-5-7-22(20)19-10-8-18(2)9-11-19/h4-11,21H,3,12-17H2,1-2H3,(H,27,28)/t21-/m1/s1. The van der Waals surface area contributed by atoms with E-state index < -0.39 is 5.97 Å². The van der Waals surface area contributed by atoms with Crippen molar-refractivity contribution >= 4 is 11.9 Å². The van der Waals surface area contributed by atoms with Crippen LogP contribution in [-0.4, -0.2) is 59.5 Å². The molecule has 0 aromatic heterocycles. The number of hydrogen-bond donors (Lipinski definition) is 1. The second-order valence-electron chi connectivity index (χ2n) is 7.88. The molecule has 1 N–H and O–H groups in total. The van der Waals surface area contributed by atoms with E-state index in [1.165, 1.54) is 5.56 Å². The summed E-state index contributed by atoms with van der Waals surface area (Å²) in [5, 5.41) is 9.24. The normalized spacial score (nSPS) is 17.9. The van der Waals surface area contributed by atoms with Crippen LogP contribution < -0.4 is 0 Å². The van der Waals surface area contributed by atoms with E-state index in [4.69, 9.17) is 0 Å². The lowest BCUT2D eigenvalue weighted by Crippen LogP contribution is -2.38. The molecule has 1 heterocycles. The third-order valence-electron chi connectivity index (χ3n) is 5.52. The summed E-state index contributed by atoms with van der Waals surface area (Å²) in [5.74, 6) is -0.950. The average Bonchev–Trinajstić information content (AvgIpc) is 2.83. The number of rotatable bonds is 7. The largest absolute Gasteiger partial charge is 0.480 e. The first-order chi connectivity index (χ1) is 14.0. The van der Waals surface area contributed by atoms with Crippen molar-refractivity contribution in [2.24, 2.45) is 5.92 Å². The molecule has 1 aliphatic rings. The molecule has 1 atom stereocenters. The molecule has 5 heteroatoms. The van der Waals surface area contributed by atoms with Crippen LogP contribution in [0.3, 0.4) is 0 Å². The van der Waals surface area contributed by atoms with Gasteiger partial charge in [0.1, 0.15) is 0 Å². The van der Waals surface area contributed by atoms with E-state index in [1.54, 1.807) is 0 Å². The molecule has 0 bridgehead atoms. The number of benzene rings is 2. The molecule has 0 radical (unpaired) electrons. The zero-order chi connectivity index (χ0) is 20.8. The number of aliphatic carboxylic acids is 1. The number of carbonyl (C=O) groups excluding carboxylic acids is 1. The predicted molar refractivity (Wildman–Crippen MR) is 115 cm³/mol. The summed E-state index contributed by atoms with van der Waals surface area (Å²) in [4.78, 5) is 28.3. The molecule has 1 saturated heterocycles. The lowest BCUT2D eigenvalue weighted by Gasteiger charge is -2.24. The second-order valence-corrected chi connectivity index (χ2v) is 7.88. The highest BCUT2D eigenvalue weighted by atomic mass is 16.4. The van der Waals surface area contributed by atoms with Gasteiger partial charge in [0.15, 0.2) is 0 Å². The summed E-state index contributed by atoms with van der Waals surface area (Å²) < 4.78 is 0. The number of nitrogens with zero attached hydrogens (tertiary/aromatic N) is 2. The Kier molecular flexibility index (Phi) is 7.04. The van der Waals surface area contributed by atoms with Crippen LogP contribution in [0.25, 0.3) is 11.1 Å². The van der Waals surface area contributed by atoms with Crippen molar-refractivity contribution in [2.75, 3.05) is 32.7 Å². The van der Waals surface area contributed by atoms with Gasteiger partial charge in [0.2, 0.25) is 5.91 Å². The summed E-state index contributed by atoms with van der Waals surface area (Å²) in [6.45, 7) is 6.51. The molecule has 1 amide bonds. The van der Waals surface area contributed by atoms with Crippen LogP contribution in [0.2, 0.25) is 0 Å². The number of hydrogen-bond acceptors (Lipinski definition) is 3. The Hall–Kier alpha value is -2.66. The summed E-state index contributed by atoms with van der Waals surface area (Å²) in [7, 11) is 0. The molecule has 154 valence electrons. The van der Waals surface area contributed by atoms with E-state index in [0.29, 0.717) is 26.1 Å². The van der Waals surface area contributed by atoms with Gasteiger partial charge in [-0.3, -0.25) is 14.5 Å². The Morgan fingerprint density at radius 3 is 2.52 bits per heavy atom. The molecule has 0 aliphatic carbocycles. The van der Waals surface area contributed by atoms with Gasteiger partial charge < -0.3 is 10.0 Å². The second kappa shape index (κ2) is 9.70. The van der Waals surface area contributed by atoms with Gasteiger partial charge in [-0.05, 0) is 36.5 Å². The van der Waals surface area contributed by atoms with Crippen LogP contribution in [0.4, 0.5) is 0 Å². The van der Waals surface area contributed by atoms with E-state index in [-0.39, 0.29) is 18.4 Å². The lowest BCUT2D eigenvalue weighted by molar-refractivity contribution is -0.139. The fraction of sp³-hybridized carbons (Fsp3) is 0.417. The van der Waals surface area contributed by atoms with Gasteiger partial charge in [-0.2, -0.15) is 0 Å². The van der Waals surface area contributed by atoms with Crippen molar-refractivity contribution in [1.29, 1.82) is 0 Å². The highest BCUT2D eigenvalue weighted by Crippen LogP contribution is 2.27. The molecule has 0 unspecified atom stereocenters. The zero-order valence-electron chi connectivity index (χ0n) is 17.3. The maximum absolute atomic E-state index is 13.2. The molecule has 1 fully saturated rings. The van der Waals surface area contributed by atoms with Crippen molar-refractivity contribution < 1.29 is 14.7 Å². The van der Waals surface area contributed by atoms with Gasteiger partial charge in [-0.1, -0.05) is 61.0 Å². The number of amides is 1. The molecule has 2 aromatic rings. The summed E-state index contributed by atoms with van der Waals surface area (Å²) in [5.41, 5.74) is 4.62. The van der Waals surface area contributed by atoms with Crippen LogP contribution >= 0.6 is 0 Å². The molecule has 2 aromatic carbocycles. The van der Waals surface area contributed by atoms with Crippen molar-refractivity contribution in [3.05, 3.63) is 59.7 Å². The van der Waals surface area contributed by atoms with Crippen LogP contribution in [0.1, 0.15) is 24.5 Å². The van der Waals surface area contributed by atoms with Gasteiger partial charge in [0.25, 0.3) is 0 Å². The van der Waals surface area contributed by atoms with Crippen LogP contribution in [0.15, 0.2) is 48.5 Å². The Labute approximate surface area is 172 Å². The van der Waals surface area contributed by atoms with Gasteiger partial charge in [0.05, 0.1) is 12.5 Å². The highest BCUT2D eigenvalue weighted by molar-refractivity contribution is 5.80. The Morgan fingerprint density at radius 1 is 1.10 bits per heavy atom. The van der Waals surface area contributed by atoms with Crippen LogP contribution in [0.5, 0.6) is 0 Å². The molecule has 29 heavy (non-hydrogen) atoms. The quantitative estimate of drug-likeness (QED) is 0.781. The van der Waals surface area contributed by atoms with Crippen LogP contribution in [-0.2, 0) is 16.0 Å². The number of aryl methyl sites for hydroxylation is 1. The minimum atomic E-state index is -0.847. The van der Waals surface area contributed by atoms with Gasteiger partial charge >= 0.3 is 5.97 Å². The fourth-order valence-corrected chi connectivity index (χ4v) is 4.07. The molecule has 1 aliphatic heterocycles. The first-order valence-corrected chi connectivity index (χ1v) is 10.4. The summed E-state index contributed by atoms with van der Waals surface area (Å²) >= 11 is 0. The number of carbonyl (C=O) groups is 2. The Morgan fingerprint density at radius 2 is 1.83 bits per heavy atom. The highest BCUT2D eigenvalue weighted by Gasteiger charge is 2.31. The first kappa shape index (κ1) is 21.1. The third-order valence-corrected chi connectivity index (χ3v) is 5.52. The molecular weight excluding hydrogens is 364 g/mol. The van der Waals surface area contributed by atoms with Crippen molar-refractivity contribution in [1.82, 2.24) is 9.80 Å². The van der Waals surface area contributed by atoms with Gasteiger partial charge in [-0.25, -0.2) is 0 Å². The first-order valence-electron chi connectivity index (χ1n) is 10.4. The monoisotopic (exact) mass is 394 g/mol. The Bertz CT molecular complexity index is 847. The minimum absolute atomic E-state index is 0.0245. The minimum Gasteiger partial charge on any atom is -0.480 e. The third kappa shape index (κ3) is 5.45. The molecular formula is C24H30N2O3. The van der Waals surface area contributed by atoms with Crippen molar-refractivity contribution in [2.45, 2.75) is 26.7 Å². The summed E-state index contributed by atoms with van der Waals surface area (Å²) in [6.07, 6.45) is 1.51. The molecule has 5 nitrogen and oxygen atoms in total. The molecule has 3 rings (SSSR count). The van der Waals surface area contributed by atoms with E-state index in [1.807, 2.05) is 21.9 Å². The topological polar surface area (TPSA) is 60.9 Å². The number of carboxylic acid groups (broad SMARTS) is 1. The van der Waals surface area contributed by atoms with E-state index >= 15 is 0 Å². The smallest absolute Gasteiger partial charge is 0.317 e. The molecule has 0 spiro atoms. The number of carboxylic acids is 1. The fourth-order valence-electron chi connectivity index (χ4n) is 4.07. The van der Waals surface area contributed by atoms with Crippen molar-refractivity contribution in [3.8, 4) is 11.1 Å². The summed E-state index contributed by atoms with van der Waals surface area (Å²) in [6, 6.07) is 16.6. The predicted octanol–water partition coefficient (Wildman–Crippen LogP) is 3.46. The van der Waals surface area contributed by atoms with Crippen LogP contribution in [0, 0.1) is 12.8 Å². The maximum Gasteiger partial charge on any atom is 0.317 e. The van der Waals surface area contributed by atoms with E-state index in [9.17, 15) is 14.7 Å². The molecule has 0 saturated carbocycles. The van der Waals surface area contributed by atoms with Gasteiger partial charge in [-0.15, -0.1) is 0 Å². The van der Waals surface area contributed by atoms with Gasteiger partial charge in [0, 0.05) is 26.2 Å².